The first-order valence-electron chi connectivity index (χ1n) is 6.57. The average molecular weight is 382 g/mol. The van der Waals surface area contributed by atoms with E-state index in [1.807, 2.05) is 0 Å². The molecule has 7 nitrogen and oxygen atoms in total. The number of anilines is 2. The van der Waals surface area contributed by atoms with E-state index in [1.165, 1.54) is 21.3 Å². The minimum absolute atomic E-state index is 0.429. The summed E-state index contributed by atoms with van der Waals surface area (Å²) in [5.74, 6) is 1.78. The third kappa shape index (κ3) is 4.26. The van der Waals surface area contributed by atoms with Crippen LogP contribution in [-0.2, 0) is 0 Å². The maximum Gasteiger partial charge on any atom is 0.324 e. The molecule has 0 aliphatic heterocycles. The van der Waals surface area contributed by atoms with Gasteiger partial charge in [0.1, 0.15) is 5.82 Å². The van der Waals surface area contributed by atoms with Crippen LogP contribution in [-0.4, -0.2) is 32.3 Å². The van der Waals surface area contributed by atoms with Crippen molar-refractivity contribution in [2.45, 2.75) is 0 Å². The fraction of sp³-hybridized carbons (Fsp3) is 0.200. The van der Waals surface area contributed by atoms with E-state index in [9.17, 15) is 4.79 Å². The number of benzene rings is 1. The van der Waals surface area contributed by atoms with Gasteiger partial charge in [0.15, 0.2) is 11.5 Å². The van der Waals surface area contributed by atoms with E-state index in [1.54, 1.807) is 30.5 Å². The van der Waals surface area contributed by atoms with Crippen molar-refractivity contribution >= 4 is 33.5 Å². The van der Waals surface area contributed by atoms with E-state index in [0.29, 0.717) is 28.8 Å². The molecule has 0 fully saturated rings. The van der Waals surface area contributed by atoms with Gasteiger partial charge in [-0.15, -0.1) is 0 Å². The number of pyridine rings is 1. The first kappa shape index (κ1) is 16.9. The molecular formula is C15H16BrN3O4. The van der Waals surface area contributed by atoms with Gasteiger partial charge in [0.25, 0.3) is 0 Å². The van der Waals surface area contributed by atoms with E-state index in [4.69, 9.17) is 14.2 Å². The highest BCUT2D eigenvalue weighted by atomic mass is 79.9. The normalized spacial score (nSPS) is 9.91. The van der Waals surface area contributed by atoms with E-state index >= 15 is 0 Å². The van der Waals surface area contributed by atoms with Crippen molar-refractivity contribution in [2.75, 3.05) is 32.0 Å². The zero-order chi connectivity index (χ0) is 16.8. The van der Waals surface area contributed by atoms with Gasteiger partial charge in [-0.2, -0.15) is 0 Å². The Kier molecular flexibility index (Phi) is 5.64. The van der Waals surface area contributed by atoms with Crippen LogP contribution < -0.4 is 24.8 Å². The van der Waals surface area contributed by atoms with Gasteiger partial charge in [0.05, 0.1) is 27.0 Å². The predicted octanol–water partition coefficient (Wildman–Crippen LogP) is 3.51. The molecule has 8 heteroatoms. The van der Waals surface area contributed by atoms with E-state index in [-0.39, 0.29) is 0 Å². The number of carbonyl (C=O) groups excluding carboxylic acids is 1. The van der Waals surface area contributed by atoms with Crippen LogP contribution in [0.3, 0.4) is 0 Å². The number of aromatic nitrogens is 1. The molecule has 2 N–H and O–H groups in total. The quantitative estimate of drug-likeness (QED) is 0.827. The third-order valence-electron chi connectivity index (χ3n) is 2.89. The molecule has 0 aliphatic carbocycles. The molecule has 122 valence electrons. The summed E-state index contributed by atoms with van der Waals surface area (Å²) in [7, 11) is 4.53. The summed E-state index contributed by atoms with van der Waals surface area (Å²) < 4.78 is 16.5. The zero-order valence-electron chi connectivity index (χ0n) is 12.8. The van der Waals surface area contributed by atoms with Crippen LogP contribution in [0.15, 0.2) is 34.9 Å². The number of amides is 2. The highest BCUT2D eigenvalue weighted by Crippen LogP contribution is 2.39. The SMILES string of the molecule is COc1cc(NC(=O)Nc2ccc(Br)cn2)cc(OC)c1OC. The molecule has 0 saturated heterocycles. The highest BCUT2D eigenvalue weighted by Gasteiger charge is 2.14. The zero-order valence-corrected chi connectivity index (χ0v) is 14.4. The van der Waals surface area contributed by atoms with Crippen LogP contribution in [0.1, 0.15) is 0 Å². The molecule has 1 heterocycles. The molecule has 1 aromatic carbocycles. The molecule has 0 radical (unpaired) electrons. The fourth-order valence-corrected chi connectivity index (χ4v) is 2.12. The summed E-state index contributed by atoms with van der Waals surface area (Å²) in [5.41, 5.74) is 0.495. The lowest BCUT2D eigenvalue weighted by Gasteiger charge is -2.14. The molecule has 0 saturated carbocycles. The number of hydrogen-bond donors (Lipinski definition) is 2. The molecule has 0 bridgehead atoms. The lowest BCUT2D eigenvalue weighted by Crippen LogP contribution is -2.20. The van der Waals surface area contributed by atoms with Gasteiger partial charge in [-0.3, -0.25) is 5.32 Å². The number of methoxy groups -OCH3 is 3. The van der Waals surface area contributed by atoms with Crippen LogP contribution in [0.4, 0.5) is 16.3 Å². The Hall–Kier alpha value is -2.48. The summed E-state index contributed by atoms with van der Waals surface area (Å²) in [6, 6.07) is 6.29. The standard InChI is InChI=1S/C15H16BrN3O4/c1-21-11-6-10(7-12(22-2)14(11)23-3)18-15(20)19-13-5-4-9(16)8-17-13/h4-8H,1-3H3,(H2,17,18,19,20). The topological polar surface area (TPSA) is 81.7 Å². The number of hydrogen-bond acceptors (Lipinski definition) is 5. The molecule has 1 aromatic heterocycles. The molecule has 0 atom stereocenters. The lowest BCUT2D eigenvalue weighted by molar-refractivity contribution is 0.262. The average Bonchev–Trinajstić information content (AvgIpc) is 2.55. The van der Waals surface area contributed by atoms with E-state index < -0.39 is 6.03 Å². The Morgan fingerprint density at radius 1 is 1.04 bits per heavy atom. The van der Waals surface area contributed by atoms with Crippen LogP contribution >= 0.6 is 15.9 Å². The Labute approximate surface area is 142 Å². The fourth-order valence-electron chi connectivity index (χ4n) is 1.88. The highest BCUT2D eigenvalue weighted by molar-refractivity contribution is 9.10. The minimum Gasteiger partial charge on any atom is -0.493 e. The Balaban J connectivity index is 2.15. The maximum absolute atomic E-state index is 12.0. The summed E-state index contributed by atoms with van der Waals surface area (Å²) in [4.78, 5) is 16.1. The summed E-state index contributed by atoms with van der Waals surface area (Å²) >= 11 is 3.28. The molecule has 23 heavy (non-hydrogen) atoms. The van der Waals surface area contributed by atoms with Gasteiger partial charge in [0.2, 0.25) is 5.75 Å². The molecule has 0 spiro atoms. The largest absolute Gasteiger partial charge is 0.493 e. The second-order valence-corrected chi connectivity index (χ2v) is 5.27. The molecule has 0 aliphatic rings. The van der Waals surface area contributed by atoms with Gasteiger partial charge in [0, 0.05) is 22.8 Å². The number of urea groups is 1. The Morgan fingerprint density at radius 2 is 1.70 bits per heavy atom. The van der Waals surface area contributed by atoms with Crippen molar-refractivity contribution in [3.63, 3.8) is 0 Å². The summed E-state index contributed by atoms with van der Waals surface area (Å²) in [5, 5.41) is 5.31. The lowest BCUT2D eigenvalue weighted by atomic mass is 10.2. The van der Waals surface area contributed by atoms with Crippen molar-refractivity contribution in [1.29, 1.82) is 0 Å². The second kappa shape index (κ2) is 7.68. The van der Waals surface area contributed by atoms with Gasteiger partial charge >= 0.3 is 6.03 Å². The predicted molar refractivity (Wildman–Crippen MR) is 90.7 cm³/mol. The number of nitrogens with one attached hydrogen (secondary N) is 2. The number of ether oxygens (including phenoxy) is 3. The van der Waals surface area contributed by atoms with Gasteiger partial charge in [-0.1, -0.05) is 0 Å². The summed E-state index contributed by atoms with van der Waals surface area (Å²) in [6.45, 7) is 0. The first-order valence-corrected chi connectivity index (χ1v) is 7.36. The maximum atomic E-state index is 12.0. The smallest absolute Gasteiger partial charge is 0.324 e. The third-order valence-corrected chi connectivity index (χ3v) is 3.36. The van der Waals surface area contributed by atoms with Crippen molar-refractivity contribution in [3.05, 3.63) is 34.9 Å². The van der Waals surface area contributed by atoms with Crippen molar-refractivity contribution in [3.8, 4) is 17.2 Å². The van der Waals surface area contributed by atoms with Crippen molar-refractivity contribution in [2.24, 2.45) is 0 Å². The van der Waals surface area contributed by atoms with Crippen LogP contribution in [0.5, 0.6) is 17.2 Å². The van der Waals surface area contributed by atoms with Gasteiger partial charge in [-0.25, -0.2) is 9.78 Å². The van der Waals surface area contributed by atoms with Gasteiger partial charge in [-0.05, 0) is 28.1 Å². The van der Waals surface area contributed by atoms with Crippen LogP contribution in [0.25, 0.3) is 0 Å². The summed E-state index contributed by atoms with van der Waals surface area (Å²) in [6.07, 6.45) is 1.59. The molecular weight excluding hydrogens is 366 g/mol. The van der Waals surface area contributed by atoms with E-state index in [2.05, 4.69) is 31.5 Å². The molecule has 2 aromatic rings. The number of rotatable bonds is 5. The van der Waals surface area contributed by atoms with Crippen molar-refractivity contribution in [1.82, 2.24) is 4.98 Å². The van der Waals surface area contributed by atoms with Crippen LogP contribution in [0.2, 0.25) is 0 Å². The monoisotopic (exact) mass is 381 g/mol. The molecule has 0 unspecified atom stereocenters. The Morgan fingerprint density at radius 3 is 2.17 bits per heavy atom. The number of carbonyl (C=O) groups is 1. The second-order valence-electron chi connectivity index (χ2n) is 4.35. The van der Waals surface area contributed by atoms with E-state index in [0.717, 1.165) is 4.47 Å². The Bertz CT molecular complexity index is 667. The first-order chi connectivity index (χ1) is 11.1. The number of nitrogens with zero attached hydrogens (tertiary/aromatic N) is 1. The number of halogens is 1. The van der Waals surface area contributed by atoms with Gasteiger partial charge < -0.3 is 19.5 Å². The molecule has 2 amide bonds. The minimum atomic E-state index is -0.436. The van der Waals surface area contributed by atoms with Crippen LogP contribution in [0, 0.1) is 0 Å². The van der Waals surface area contributed by atoms with Crippen molar-refractivity contribution < 1.29 is 19.0 Å². The molecule has 2 rings (SSSR count).